The summed E-state index contributed by atoms with van der Waals surface area (Å²) in [5, 5.41) is 12.4. The molecule has 0 aliphatic heterocycles. The first-order valence-corrected chi connectivity index (χ1v) is 8.30. The van der Waals surface area contributed by atoms with Crippen LogP contribution in [0.1, 0.15) is 5.56 Å². The number of rotatable bonds is 7. The van der Waals surface area contributed by atoms with Crippen molar-refractivity contribution < 1.29 is 14.6 Å². The summed E-state index contributed by atoms with van der Waals surface area (Å²) in [6.45, 7) is 3.79. The number of carbonyl (C=O) groups is 1. The maximum absolute atomic E-state index is 11.9. The first-order chi connectivity index (χ1) is 11.1. The molecule has 2 aromatic carbocycles. The van der Waals surface area contributed by atoms with Crippen molar-refractivity contribution in [2.24, 2.45) is 0 Å². The highest BCUT2D eigenvalue weighted by atomic mass is 32.2. The van der Waals surface area contributed by atoms with Crippen LogP contribution in [-0.2, 0) is 11.3 Å². The number of alkyl carbamates (subject to hydrolysis) is 1. The average Bonchev–Trinajstić information content (AvgIpc) is 2.58. The van der Waals surface area contributed by atoms with Gasteiger partial charge in [-0.2, -0.15) is 0 Å². The average molecular weight is 330 g/mol. The molecular weight excluding hydrogens is 310 g/mol. The molecule has 1 radical (unpaired) electrons. The summed E-state index contributed by atoms with van der Waals surface area (Å²) < 4.78 is 5.16. The lowest BCUT2D eigenvalue weighted by molar-refractivity contribution is 0.121. The molecule has 2 unspecified atom stereocenters. The summed E-state index contributed by atoms with van der Waals surface area (Å²) in [7, 11) is 0. The Morgan fingerprint density at radius 2 is 1.74 bits per heavy atom. The highest BCUT2D eigenvalue weighted by Gasteiger charge is 2.18. The maximum atomic E-state index is 11.9. The summed E-state index contributed by atoms with van der Waals surface area (Å²) in [6.07, 6.45) is -1.47. The molecule has 121 valence electrons. The summed E-state index contributed by atoms with van der Waals surface area (Å²) >= 11 is 1.54. The maximum Gasteiger partial charge on any atom is 0.407 e. The van der Waals surface area contributed by atoms with Gasteiger partial charge < -0.3 is 15.2 Å². The predicted molar refractivity (Wildman–Crippen MR) is 92.1 cm³/mol. The highest BCUT2D eigenvalue weighted by molar-refractivity contribution is 7.99. The zero-order chi connectivity index (χ0) is 16.5. The van der Waals surface area contributed by atoms with E-state index in [1.165, 1.54) is 0 Å². The number of hydrogen-bond acceptors (Lipinski definition) is 4. The SMILES string of the molecule is [CH2]C(O)C(CSc1ccccc1)NC(=O)OCc1ccccc1. The van der Waals surface area contributed by atoms with Gasteiger partial charge in [-0.25, -0.2) is 4.79 Å². The topological polar surface area (TPSA) is 58.6 Å². The molecular formula is C18H20NO3S. The Kier molecular flexibility index (Phi) is 6.97. The lowest BCUT2D eigenvalue weighted by Crippen LogP contribution is -2.44. The Morgan fingerprint density at radius 1 is 1.13 bits per heavy atom. The molecule has 0 heterocycles. The van der Waals surface area contributed by atoms with Gasteiger partial charge in [-0.15, -0.1) is 11.8 Å². The van der Waals surface area contributed by atoms with E-state index in [0.717, 1.165) is 10.5 Å². The molecule has 0 bridgehead atoms. The quantitative estimate of drug-likeness (QED) is 0.765. The minimum Gasteiger partial charge on any atom is -0.445 e. The molecule has 0 aliphatic rings. The van der Waals surface area contributed by atoms with Crippen LogP contribution in [0, 0.1) is 6.92 Å². The van der Waals surface area contributed by atoms with Crippen molar-refractivity contribution in [2.75, 3.05) is 5.75 Å². The Hall–Kier alpha value is -1.98. The van der Waals surface area contributed by atoms with Gasteiger partial charge >= 0.3 is 6.09 Å². The van der Waals surface area contributed by atoms with Crippen LogP contribution in [0.5, 0.6) is 0 Å². The molecule has 0 fully saturated rings. The zero-order valence-corrected chi connectivity index (χ0v) is 13.5. The van der Waals surface area contributed by atoms with Crippen molar-refractivity contribution in [1.82, 2.24) is 5.32 Å². The second-order valence-corrected chi connectivity index (χ2v) is 6.10. The van der Waals surface area contributed by atoms with E-state index in [0.29, 0.717) is 5.75 Å². The van der Waals surface area contributed by atoms with Gasteiger partial charge in [0.15, 0.2) is 0 Å². The van der Waals surface area contributed by atoms with Gasteiger partial charge in [-0.1, -0.05) is 48.5 Å². The minimum absolute atomic E-state index is 0.193. The molecule has 2 aromatic rings. The Morgan fingerprint density at radius 3 is 2.35 bits per heavy atom. The third-order valence-corrected chi connectivity index (χ3v) is 4.28. The van der Waals surface area contributed by atoms with E-state index in [1.807, 2.05) is 60.7 Å². The molecule has 0 aliphatic carbocycles. The molecule has 4 nitrogen and oxygen atoms in total. The fourth-order valence-electron chi connectivity index (χ4n) is 1.87. The molecule has 0 aromatic heterocycles. The number of ether oxygens (including phenoxy) is 1. The standard InChI is InChI=1S/C18H20NO3S/c1-14(20)17(13-23-16-10-6-3-7-11-16)19-18(21)22-12-15-8-4-2-5-9-15/h2-11,14,17,20H,1,12-13H2,(H,19,21). The second-order valence-electron chi connectivity index (χ2n) is 5.00. The van der Waals surface area contributed by atoms with Gasteiger partial charge in [0.25, 0.3) is 0 Å². The number of hydrogen-bond donors (Lipinski definition) is 2. The molecule has 0 saturated heterocycles. The van der Waals surface area contributed by atoms with Crippen LogP contribution in [-0.4, -0.2) is 29.1 Å². The fraction of sp³-hybridized carbons (Fsp3) is 0.222. The number of nitrogens with one attached hydrogen (secondary N) is 1. The lowest BCUT2D eigenvalue weighted by atomic mass is 10.2. The van der Waals surface area contributed by atoms with Crippen molar-refractivity contribution >= 4 is 17.9 Å². The van der Waals surface area contributed by atoms with Gasteiger partial charge in [0.1, 0.15) is 6.61 Å². The predicted octanol–water partition coefficient (Wildman–Crippen LogP) is 3.27. The Balaban J connectivity index is 1.80. The van der Waals surface area contributed by atoms with Crippen LogP contribution in [0.4, 0.5) is 4.79 Å². The summed E-state index contributed by atoms with van der Waals surface area (Å²) in [6, 6.07) is 18.7. The smallest absolute Gasteiger partial charge is 0.407 e. The molecule has 5 heteroatoms. The molecule has 23 heavy (non-hydrogen) atoms. The minimum atomic E-state index is -0.907. The highest BCUT2D eigenvalue weighted by Crippen LogP contribution is 2.18. The number of thioether (sulfide) groups is 1. The van der Waals surface area contributed by atoms with Crippen LogP contribution in [0.15, 0.2) is 65.6 Å². The van der Waals surface area contributed by atoms with E-state index in [2.05, 4.69) is 12.2 Å². The van der Waals surface area contributed by atoms with Gasteiger partial charge in [0.2, 0.25) is 0 Å². The first-order valence-electron chi connectivity index (χ1n) is 7.31. The second kappa shape index (κ2) is 9.22. The molecule has 0 spiro atoms. The van der Waals surface area contributed by atoms with E-state index in [1.54, 1.807) is 11.8 Å². The Labute approximate surface area is 140 Å². The van der Waals surface area contributed by atoms with Crippen molar-refractivity contribution in [3.8, 4) is 0 Å². The van der Waals surface area contributed by atoms with Crippen LogP contribution < -0.4 is 5.32 Å². The van der Waals surface area contributed by atoms with Crippen molar-refractivity contribution in [1.29, 1.82) is 0 Å². The van der Waals surface area contributed by atoms with Crippen molar-refractivity contribution in [3.05, 3.63) is 73.2 Å². The molecule has 2 atom stereocenters. The number of benzene rings is 2. The van der Waals surface area contributed by atoms with E-state index in [4.69, 9.17) is 4.74 Å². The zero-order valence-electron chi connectivity index (χ0n) is 12.7. The van der Waals surface area contributed by atoms with E-state index in [9.17, 15) is 9.90 Å². The number of aliphatic hydroxyl groups is 1. The molecule has 1 amide bonds. The van der Waals surface area contributed by atoms with E-state index in [-0.39, 0.29) is 6.61 Å². The molecule has 0 saturated carbocycles. The largest absolute Gasteiger partial charge is 0.445 e. The van der Waals surface area contributed by atoms with Crippen LogP contribution in [0.2, 0.25) is 0 Å². The summed E-state index contributed by atoms with van der Waals surface area (Å²) in [5.74, 6) is 0.509. The van der Waals surface area contributed by atoms with Crippen LogP contribution >= 0.6 is 11.8 Å². The van der Waals surface area contributed by atoms with Crippen LogP contribution in [0.25, 0.3) is 0 Å². The third-order valence-electron chi connectivity index (χ3n) is 3.15. The summed E-state index contributed by atoms with van der Waals surface area (Å²) in [4.78, 5) is 12.9. The van der Waals surface area contributed by atoms with Crippen molar-refractivity contribution in [3.63, 3.8) is 0 Å². The molecule has 2 N–H and O–H groups in total. The first kappa shape index (κ1) is 17.4. The van der Waals surface area contributed by atoms with Gasteiger partial charge in [0, 0.05) is 10.6 Å². The van der Waals surface area contributed by atoms with Gasteiger partial charge in [0.05, 0.1) is 12.1 Å². The van der Waals surface area contributed by atoms with E-state index >= 15 is 0 Å². The third kappa shape index (κ3) is 6.34. The Bertz CT molecular complexity index is 590. The lowest BCUT2D eigenvalue weighted by Gasteiger charge is -2.20. The number of carbonyl (C=O) groups excluding carboxylic acids is 1. The normalized spacial score (nSPS) is 13.1. The van der Waals surface area contributed by atoms with E-state index < -0.39 is 18.2 Å². The number of aliphatic hydroxyl groups excluding tert-OH is 1. The van der Waals surface area contributed by atoms with Gasteiger partial charge in [-0.05, 0) is 24.6 Å². The van der Waals surface area contributed by atoms with Crippen molar-refractivity contribution in [2.45, 2.75) is 23.6 Å². The summed E-state index contributed by atoms with van der Waals surface area (Å²) in [5.41, 5.74) is 0.910. The fourth-order valence-corrected chi connectivity index (χ4v) is 2.89. The number of amides is 1. The van der Waals surface area contributed by atoms with Crippen LogP contribution in [0.3, 0.4) is 0 Å². The van der Waals surface area contributed by atoms with Gasteiger partial charge in [-0.3, -0.25) is 0 Å². The molecule has 2 rings (SSSR count). The monoisotopic (exact) mass is 330 g/mol.